The van der Waals surface area contributed by atoms with Gasteiger partial charge >= 0.3 is 0 Å². The number of aryl methyl sites for hydroxylation is 2. The first kappa shape index (κ1) is 17.5. The lowest BCUT2D eigenvalue weighted by Gasteiger charge is -2.16. The minimum atomic E-state index is -0.717. The second-order valence-electron chi connectivity index (χ2n) is 6.05. The standard InChI is InChI=1S/C19H20N4O3/c1-12-10-13(2)23(22-12)17-7-5-4-6-16(17)21-18(24)14(3)20-19(25)15-8-9-26-11-15/h4-11,14H,1-3H3,(H,20,25)(H,21,24)/t14-/m1/s1. The number of carbonyl (C=O) groups is 2. The molecule has 2 amide bonds. The third-order valence-corrected chi connectivity index (χ3v) is 3.92. The predicted octanol–water partition coefficient (Wildman–Crippen LogP) is 2.84. The van der Waals surface area contributed by atoms with Crippen molar-refractivity contribution in [2.24, 2.45) is 0 Å². The van der Waals surface area contributed by atoms with Crippen LogP contribution in [0.5, 0.6) is 0 Å². The molecule has 0 aliphatic heterocycles. The molecule has 3 rings (SSSR count). The van der Waals surface area contributed by atoms with Crippen molar-refractivity contribution in [3.63, 3.8) is 0 Å². The summed E-state index contributed by atoms with van der Waals surface area (Å²) in [7, 11) is 0. The molecule has 0 fully saturated rings. The quantitative estimate of drug-likeness (QED) is 0.739. The SMILES string of the molecule is Cc1cc(C)n(-c2ccccc2NC(=O)[C@@H](C)NC(=O)c2ccoc2)n1. The number of carbonyl (C=O) groups excluding carboxylic acids is 2. The maximum Gasteiger partial charge on any atom is 0.255 e. The molecule has 0 radical (unpaired) electrons. The summed E-state index contributed by atoms with van der Waals surface area (Å²) < 4.78 is 6.66. The fraction of sp³-hybridized carbons (Fsp3) is 0.211. The Morgan fingerprint density at radius 2 is 1.96 bits per heavy atom. The highest BCUT2D eigenvalue weighted by Crippen LogP contribution is 2.21. The van der Waals surface area contributed by atoms with E-state index in [9.17, 15) is 9.59 Å². The van der Waals surface area contributed by atoms with Crippen molar-refractivity contribution in [1.82, 2.24) is 15.1 Å². The molecule has 26 heavy (non-hydrogen) atoms. The molecule has 7 nitrogen and oxygen atoms in total. The molecule has 0 bridgehead atoms. The van der Waals surface area contributed by atoms with Crippen molar-refractivity contribution in [2.75, 3.05) is 5.32 Å². The summed E-state index contributed by atoms with van der Waals surface area (Å²) in [6.45, 7) is 5.49. The maximum atomic E-state index is 12.5. The highest BCUT2D eigenvalue weighted by Gasteiger charge is 2.19. The van der Waals surface area contributed by atoms with Crippen LogP contribution in [0, 0.1) is 13.8 Å². The third kappa shape index (κ3) is 3.66. The Balaban J connectivity index is 1.75. The minimum absolute atomic E-state index is 0.323. The van der Waals surface area contributed by atoms with Gasteiger partial charge < -0.3 is 15.1 Å². The van der Waals surface area contributed by atoms with Gasteiger partial charge in [0.25, 0.3) is 5.91 Å². The van der Waals surface area contributed by atoms with Gasteiger partial charge in [-0.2, -0.15) is 5.10 Å². The van der Waals surface area contributed by atoms with E-state index in [1.807, 2.05) is 38.1 Å². The van der Waals surface area contributed by atoms with E-state index in [0.29, 0.717) is 11.3 Å². The van der Waals surface area contributed by atoms with Crippen LogP contribution in [0.25, 0.3) is 5.69 Å². The van der Waals surface area contributed by atoms with Gasteiger partial charge in [0.1, 0.15) is 12.3 Å². The molecule has 0 saturated heterocycles. The molecule has 134 valence electrons. The topological polar surface area (TPSA) is 89.2 Å². The van der Waals surface area contributed by atoms with Gasteiger partial charge in [-0.1, -0.05) is 12.1 Å². The van der Waals surface area contributed by atoms with Crippen LogP contribution >= 0.6 is 0 Å². The molecule has 0 saturated carbocycles. The minimum Gasteiger partial charge on any atom is -0.472 e. The summed E-state index contributed by atoms with van der Waals surface area (Å²) in [5.41, 5.74) is 3.61. The molecule has 3 aromatic rings. The highest BCUT2D eigenvalue weighted by atomic mass is 16.3. The summed E-state index contributed by atoms with van der Waals surface area (Å²) in [6, 6.07) is 10.2. The van der Waals surface area contributed by atoms with E-state index in [-0.39, 0.29) is 11.8 Å². The van der Waals surface area contributed by atoms with Crippen LogP contribution < -0.4 is 10.6 Å². The molecule has 0 aliphatic carbocycles. The van der Waals surface area contributed by atoms with Gasteiger partial charge in [0, 0.05) is 5.69 Å². The summed E-state index contributed by atoms with van der Waals surface area (Å²) >= 11 is 0. The predicted molar refractivity (Wildman–Crippen MR) is 97.3 cm³/mol. The summed E-state index contributed by atoms with van der Waals surface area (Å²) in [4.78, 5) is 24.6. The fourth-order valence-corrected chi connectivity index (χ4v) is 2.62. The zero-order chi connectivity index (χ0) is 18.7. The number of aromatic nitrogens is 2. The smallest absolute Gasteiger partial charge is 0.255 e. The molecule has 0 spiro atoms. The Bertz CT molecular complexity index is 928. The maximum absolute atomic E-state index is 12.5. The summed E-state index contributed by atoms with van der Waals surface area (Å²) in [5, 5.41) is 9.96. The van der Waals surface area contributed by atoms with E-state index in [0.717, 1.165) is 17.1 Å². The number of rotatable bonds is 5. The van der Waals surface area contributed by atoms with E-state index in [1.54, 1.807) is 17.7 Å². The van der Waals surface area contributed by atoms with Crippen LogP contribution in [0.4, 0.5) is 5.69 Å². The largest absolute Gasteiger partial charge is 0.472 e. The van der Waals surface area contributed by atoms with Crippen LogP contribution in [0.2, 0.25) is 0 Å². The molecule has 0 aliphatic rings. The van der Waals surface area contributed by atoms with Gasteiger partial charge in [-0.25, -0.2) is 4.68 Å². The summed E-state index contributed by atoms with van der Waals surface area (Å²) in [5.74, 6) is -0.691. The first-order chi connectivity index (χ1) is 12.5. The number of hydrogen-bond donors (Lipinski definition) is 2. The van der Waals surface area contributed by atoms with E-state index in [2.05, 4.69) is 15.7 Å². The molecule has 1 aromatic carbocycles. The van der Waals surface area contributed by atoms with Gasteiger partial charge in [0.2, 0.25) is 5.91 Å². The molecule has 2 aromatic heterocycles. The second kappa shape index (κ2) is 7.26. The van der Waals surface area contributed by atoms with Gasteiger partial charge in [0.05, 0.1) is 28.9 Å². The van der Waals surface area contributed by atoms with Crippen molar-refractivity contribution in [2.45, 2.75) is 26.8 Å². The average Bonchev–Trinajstić information content (AvgIpc) is 3.25. The number of benzene rings is 1. The first-order valence-electron chi connectivity index (χ1n) is 8.22. The van der Waals surface area contributed by atoms with Gasteiger partial charge in [0.15, 0.2) is 0 Å². The zero-order valence-electron chi connectivity index (χ0n) is 14.8. The molecule has 7 heteroatoms. The highest BCUT2D eigenvalue weighted by molar-refractivity contribution is 6.01. The Labute approximate surface area is 151 Å². The molecular formula is C19H20N4O3. The fourth-order valence-electron chi connectivity index (χ4n) is 2.62. The van der Waals surface area contributed by atoms with Crippen LogP contribution in [0.3, 0.4) is 0 Å². The number of nitrogens with zero attached hydrogens (tertiary/aromatic N) is 2. The van der Waals surface area contributed by atoms with Gasteiger partial charge in [-0.05, 0) is 45.0 Å². The van der Waals surface area contributed by atoms with E-state index >= 15 is 0 Å². The van der Waals surface area contributed by atoms with Crippen molar-refractivity contribution in [3.05, 3.63) is 65.9 Å². The van der Waals surface area contributed by atoms with Crippen molar-refractivity contribution in [3.8, 4) is 5.69 Å². The Kier molecular flexibility index (Phi) is 4.88. The van der Waals surface area contributed by atoms with Crippen LogP contribution in [0.1, 0.15) is 28.7 Å². The number of para-hydroxylation sites is 2. The molecule has 2 N–H and O–H groups in total. The van der Waals surface area contributed by atoms with Crippen molar-refractivity contribution >= 4 is 17.5 Å². The first-order valence-corrected chi connectivity index (χ1v) is 8.22. The lowest BCUT2D eigenvalue weighted by Crippen LogP contribution is -2.41. The monoisotopic (exact) mass is 352 g/mol. The van der Waals surface area contributed by atoms with Crippen LogP contribution in [-0.4, -0.2) is 27.6 Å². The van der Waals surface area contributed by atoms with Gasteiger partial charge in [-0.3, -0.25) is 9.59 Å². The average molecular weight is 352 g/mol. The van der Waals surface area contributed by atoms with E-state index in [1.165, 1.54) is 18.6 Å². The third-order valence-electron chi connectivity index (χ3n) is 3.92. The van der Waals surface area contributed by atoms with E-state index < -0.39 is 6.04 Å². The van der Waals surface area contributed by atoms with Crippen LogP contribution in [-0.2, 0) is 4.79 Å². The van der Waals surface area contributed by atoms with E-state index in [4.69, 9.17) is 4.42 Å². The summed E-state index contributed by atoms with van der Waals surface area (Å²) in [6.07, 6.45) is 2.74. The number of hydrogen-bond acceptors (Lipinski definition) is 4. The Hall–Kier alpha value is -3.35. The Morgan fingerprint density at radius 3 is 2.62 bits per heavy atom. The van der Waals surface area contributed by atoms with Crippen molar-refractivity contribution < 1.29 is 14.0 Å². The zero-order valence-corrected chi connectivity index (χ0v) is 14.8. The normalized spacial score (nSPS) is 11.8. The number of amides is 2. The second-order valence-corrected chi connectivity index (χ2v) is 6.05. The molecule has 1 atom stereocenters. The molecular weight excluding hydrogens is 332 g/mol. The Morgan fingerprint density at radius 1 is 1.19 bits per heavy atom. The lowest BCUT2D eigenvalue weighted by molar-refractivity contribution is -0.117. The van der Waals surface area contributed by atoms with Crippen molar-refractivity contribution in [1.29, 1.82) is 0 Å². The van der Waals surface area contributed by atoms with Crippen LogP contribution in [0.15, 0.2) is 53.3 Å². The van der Waals surface area contributed by atoms with Gasteiger partial charge in [-0.15, -0.1) is 0 Å². The number of anilines is 1. The number of nitrogens with one attached hydrogen (secondary N) is 2. The number of furan rings is 1. The lowest BCUT2D eigenvalue weighted by atomic mass is 10.2. The molecule has 2 heterocycles. The molecule has 0 unspecified atom stereocenters.